The highest BCUT2D eigenvalue weighted by molar-refractivity contribution is 6.74. The number of hydrogen-bond acceptors (Lipinski definition) is 6. The first-order valence-corrected chi connectivity index (χ1v) is 21.5. The van der Waals surface area contributed by atoms with Gasteiger partial charge in [-0.05, 0) is 74.2 Å². The molecule has 1 aliphatic rings. The van der Waals surface area contributed by atoms with Crippen molar-refractivity contribution in [3.8, 4) is 5.75 Å². The van der Waals surface area contributed by atoms with Gasteiger partial charge in [-0.1, -0.05) is 107 Å². The van der Waals surface area contributed by atoms with E-state index >= 15 is 0 Å². The van der Waals surface area contributed by atoms with E-state index < -0.39 is 26.1 Å². The number of rotatable bonds is 13. The van der Waals surface area contributed by atoms with Gasteiger partial charge in [-0.25, -0.2) is 4.79 Å². The van der Waals surface area contributed by atoms with Crippen LogP contribution < -0.4 is 4.74 Å². The molecule has 1 heterocycles. The van der Waals surface area contributed by atoms with Crippen LogP contribution in [0.2, 0.25) is 18.1 Å². The number of nitrogens with zero attached hydrogens (tertiary/aromatic N) is 3. The first-order chi connectivity index (χ1) is 25.0. The number of aliphatic imine (C=N–C) groups is 1. The molecule has 1 aliphatic heterocycles. The van der Waals surface area contributed by atoms with Crippen LogP contribution in [0.15, 0.2) is 108 Å². The molecule has 3 aromatic carbocycles. The lowest BCUT2D eigenvalue weighted by Gasteiger charge is -2.41. The van der Waals surface area contributed by atoms with Crippen LogP contribution in [0.1, 0.15) is 83.7 Å². The lowest BCUT2D eigenvalue weighted by atomic mass is 9.96. The van der Waals surface area contributed by atoms with Gasteiger partial charge in [-0.2, -0.15) is 0 Å². The molecule has 0 saturated heterocycles. The fourth-order valence-electron chi connectivity index (χ4n) is 5.85. The SMILES string of the molecule is COC[C@@H](N=C(c1ccccc1CO[Si](C)(C)C(C)(C)C)N1C=CC=C(N(Cc2ccccc2OC)C(=O)OC(C)(C)C)[C@H]1c1ccccc1)C(C)C. The van der Waals surface area contributed by atoms with Gasteiger partial charge in [-0.3, -0.25) is 9.89 Å². The van der Waals surface area contributed by atoms with Crippen molar-refractivity contribution in [1.82, 2.24) is 9.80 Å². The molecule has 53 heavy (non-hydrogen) atoms. The molecule has 3 aromatic rings. The average Bonchev–Trinajstić information content (AvgIpc) is 3.10. The van der Waals surface area contributed by atoms with Gasteiger partial charge in [0.2, 0.25) is 0 Å². The Labute approximate surface area is 319 Å². The molecular weight excluding hydrogens is 679 g/mol. The fourth-order valence-corrected chi connectivity index (χ4v) is 6.80. The van der Waals surface area contributed by atoms with Gasteiger partial charge < -0.3 is 23.5 Å². The molecule has 9 heteroatoms. The number of ether oxygens (including phenoxy) is 3. The summed E-state index contributed by atoms with van der Waals surface area (Å²) in [5.74, 6) is 1.66. The maximum absolute atomic E-state index is 14.4. The molecule has 8 nitrogen and oxygen atoms in total. The summed E-state index contributed by atoms with van der Waals surface area (Å²) in [5.41, 5.74) is 3.89. The highest BCUT2D eigenvalue weighted by atomic mass is 28.4. The molecule has 0 aromatic heterocycles. The monoisotopic (exact) mass is 739 g/mol. The molecule has 0 spiro atoms. The number of carbonyl (C=O) groups excluding carboxylic acids is 1. The Morgan fingerprint density at radius 3 is 2.11 bits per heavy atom. The second-order valence-electron chi connectivity index (χ2n) is 16.5. The third-order valence-corrected chi connectivity index (χ3v) is 14.4. The van der Waals surface area contributed by atoms with Crippen molar-refractivity contribution in [3.05, 3.63) is 125 Å². The van der Waals surface area contributed by atoms with Gasteiger partial charge in [0.1, 0.15) is 23.2 Å². The van der Waals surface area contributed by atoms with E-state index in [9.17, 15) is 4.79 Å². The predicted octanol–water partition coefficient (Wildman–Crippen LogP) is 10.5. The van der Waals surface area contributed by atoms with Crippen molar-refractivity contribution < 1.29 is 23.4 Å². The highest BCUT2D eigenvalue weighted by Gasteiger charge is 2.39. The minimum atomic E-state index is -2.08. The first kappa shape index (κ1) is 41.6. The van der Waals surface area contributed by atoms with Crippen molar-refractivity contribution >= 4 is 20.2 Å². The minimum absolute atomic E-state index is 0.0559. The van der Waals surface area contributed by atoms with Crippen molar-refractivity contribution in [1.29, 1.82) is 0 Å². The van der Waals surface area contributed by atoms with Crippen molar-refractivity contribution in [2.45, 2.75) is 104 Å². The topological polar surface area (TPSA) is 72.8 Å². The van der Waals surface area contributed by atoms with Crippen molar-refractivity contribution in [2.24, 2.45) is 10.9 Å². The van der Waals surface area contributed by atoms with Crippen LogP contribution in [0, 0.1) is 5.92 Å². The summed E-state index contributed by atoms with van der Waals surface area (Å²) in [7, 11) is 1.28. The van der Waals surface area contributed by atoms with Gasteiger partial charge in [-0.15, -0.1) is 0 Å². The zero-order valence-electron chi connectivity index (χ0n) is 34.0. The summed E-state index contributed by atoms with van der Waals surface area (Å²) in [5, 5.41) is 0.0559. The molecule has 0 aliphatic carbocycles. The first-order valence-electron chi connectivity index (χ1n) is 18.6. The Morgan fingerprint density at radius 2 is 1.51 bits per heavy atom. The second-order valence-corrected chi connectivity index (χ2v) is 21.3. The van der Waals surface area contributed by atoms with E-state index in [1.165, 1.54) is 0 Å². The fraction of sp³-hybridized carbons (Fsp3) is 0.455. The van der Waals surface area contributed by atoms with E-state index in [1.807, 2.05) is 75.4 Å². The van der Waals surface area contributed by atoms with Crippen LogP contribution in [0.25, 0.3) is 0 Å². The van der Waals surface area contributed by atoms with Crippen LogP contribution in [0.3, 0.4) is 0 Å². The van der Waals surface area contributed by atoms with E-state index in [-0.39, 0.29) is 23.5 Å². The predicted molar refractivity (Wildman–Crippen MR) is 218 cm³/mol. The lowest BCUT2D eigenvalue weighted by Crippen LogP contribution is -2.43. The molecule has 0 fully saturated rings. The van der Waals surface area contributed by atoms with Crippen molar-refractivity contribution in [3.63, 3.8) is 0 Å². The summed E-state index contributed by atoms with van der Waals surface area (Å²) in [6, 6.07) is 25.8. The summed E-state index contributed by atoms with van der Waals surface area (Å²) in [4.78, 5) is 23.8. The molecule has 2 atom stereocenters. The van der Waals surface area contributed by atoms with Gasteiger partial charge in [0.05, 0.1) is 38.6 Å². The largest absolute Gasteiger partial charge is 0.496 e. The Morgan fingerprint density at radius 1 is 0.887 bits per heavy atom. The zero-order valence-corrected chi connectivity index (χ0v) is 35.0. The highest BCUT2D eigenvalue weighted by Crippen LogP contribution is 2.40. The molecule has 286 valence electrons. The maximum atomic E-state index is 14.4. The molecule has 1 amide bonds. The Hall–Kier alpha value is -4.18. The van der Waals surface area contributed by atoms with E-state index in [4.69, 9.17) is 23.6 Å². The molecule has 0 radical (unpaired) electrons. The molecule has 0 bridgehead atoms. The van der Waals surface area contributed by atoms with E-state index in [2.05, 4.69) is 95.2 Å². The normalized spacial score (nSPS) is 16.0. The summed E-state index contributed by atoms with van der Waals surface area (Å²) >= 11 is 0. The number of methoxy groups -OCH3 is 2. The zero-order chi connectivity index (χ0) is 39.0. The Balaban J connectivity index is 1.96. The second kappa shape index (κ2) is 17.8. The van der Waals surface area contributed by atoms with Crippen LogP contribution in [0.5, 0.6) is 5.75 Å². The summed E-state index contributed by atoms with van der Waals surface area (Å²) in [6.07, 6.45) is 5.60. The number of carbonyl (C=O) groups is 1. The molecule has 0 saturated carbocycles. The Kier molecular flexibility index (Phi) is 13.9. The third-order valence-electron chi connectivity index (χ3n) is 9.93. The third kappa shape index (κ3) is 10.7. The van der Waals surface area contributed by atoms with Crippen LogP contribution >= 0.6 is 0 Å². The van der Waals surface area contributed by atoms with E-state index in [0.717, 1.165) is 33.8 Å². The van der Waals surface area contributed by atoms with E-state index in [1.54, 1.807) is 19.1 Å². The number of amides is 1. The van der Waals surface area contributed by atoms with Gasteiger partial charge >= 0.3 is 6.09 Å². The minimum Gasteiger partial charge on any atom is -0.496 e. The molecular formula is C44H61N3O5Si. The summed E-state index contributed by atoms with van der Waals surface area (Å²) < 4.78 is 24.4. The molecule has 0 unspecified atom stereocenters. The van der Waals surface area contributed by atoms with Crippen molar-refractivity contribution in [2.75, 3.05) is 20.8 Å². The summed E-state index contributed by atoms with van der Waals surface area (Å²) in [6.45, 7) is 22.5. The number of benzene rings is 3. The molecule has 4 rings (SSSR count). The number of para-hydroxylation sites is 1. The van der Waals surface area contributed by atoms with Gasteiger partial charge in [0.15, 0.2) is 8.32 Å². The lowest BCUT2D eigenvalue weighted by molar-refractivity contribution is 0.0276. The van der Waals surface area contributed by atoms with E-state index in [0.29, 0.717) is 19.0 Å². The van der Waals surface area contributed by atoms with Gasteiger partial charge in [0.25, 0.3) is 0 Å². The quantitative estimate of drug-likeness (QED) is 0.0987. The number of hydrogen-bond donors (Lipinski definition) is 0. The van der Waals surface area contributed by atoms with Crippen LogP contribution in [-0.4, -0.2) is 62.5 Å². The van der Waals surface area contributed by atoms with Crippen LogP contribution in [0.4, 0.5) is 4.79 Å². The van der Waals surface area contributed by atoms with Crippen LogP contribution in [-0.2, 0) is 27.1 Å². The van der Waals surface area contributed by atoms with Gasteiger partial charge in [0, 0.05) is 24.4 Å². The number of amidine groups is 1. The maximum Gasteiger partial charge on any atom is 0.414 e. The number of allylic oxidation sites excluding steroid dienone is 2. The average molecular weight is 740 g/mol. The molecule has 0 N–H and O–H groups in total. The Bertz CT molecular complexity index is 1750. The standard InChI is InChI=1S/C44H61N3O5Si/c1-32(2)37(31-49-9)45-41(36-25-18-16-24-35(36)30-51-53(11,12)44(6,7)8)46-28-20-26-38(40(46)33-21-14-13-15-22-33)47(42(48)52-43(3,4)5)29-34-23-17-19-27-39(34)50-10/h13-28,32,37,40H,29-31H2,1-12H3/t37-,40-/m1/s1. The smallest absolute Gasteiger partial charge is 0.414 e.